The number of carbonyl (C=O) groups excluding carboxylic acids is 4. The maximum absolute atomic E-state index is 14.3. The van der Waals surface area contributed by atoms with Crippen LogP contribution in [0.2, 0.25) is 18.1 Å². The summed E-state index contributed by atoms with van der Waals surface area (Å²) in [7, 11) is -1.12. The average molecular weight is 724 g/mol. The minimum Gasteiger partial charge on any atom is -0.504 e. The van der Waals surface area contributed by atoms with Gasteiger partial charge in [0.2, 0.25) is 11.8 Å². The number of methoxy groups -OCH3 is 1. The van der Waals surface area contributed by atoms with Crippen LogP contribution in [0.3, 0.4) is 0 Å². The Balaban J connectivity index is 1.39. The number of rotatable bonds is 10. The van der Waals surface area contributed by atoms with E-state index in [9.17, 15) is 24.3 Å². The summed E-state index contributed by atoms with van der Waals surface area (Å²) in [5.41, 5.74) is 7.46. The first-order chi connectivity index (χ1) is 23.8. The fraction of sp³-hybridized carbons (Fsp3) is 0.568. The van der Waals surface area contributed by atoms with Crippen molar-refractivity contribution in [1.82, 2.24) is 10.2 Å². The van der Waals surface area contributed by atoms with Crippen LogP contribution in [-0.4, -0.2) is 80.1 Å². The van der Waals surface area contributed by atoms with Gasteiger partial charge in [0.15, 0.2) is 26.0 Å². The van der Waals surface area contributed by atoms with Crippen molar-refractivity contribution in [3.8, 4) is 11.5 Å². The van der Waals surface area contributed by atoms with Gasteiger partial charge < -0.3 is 40.3 Å². The molecule has 0 radical (unpaired) electrons. The second-order valence-electron chi connectivity index (χ2n) is 16.1. The number of hydrogen-bond donors (Lipinski definition) is 4. The van der Waals surface area contributed by atoms with Crippen LogP contribution in [0.4, 0.5) is 16.2 Å². The molecule has 1 aliphatic carbocycles. The van der Waals surface area contributed by atoms with Gasteiger partial charge in [-0.1, -0.05) is 46.8 Å². The molecule has 14 heteroatoms. The maximum atomic E-state index is 14.3. The van der Waals surface area contributed by atoms with Gasteiger partial charge in [0.25, 0.3) is 5.91 Å². The summed E-state index contributed by atoms with van der Waals surface area (Å²) in [6.07, 6.45) is 1.13. The van der Waals surface area contributed by atoms with Crippen LogP contribution in [-0.2, 0) is 25.4 Å². The summed E-state index contributed by atoms with van der Waals surface area (Å²) in [5, 5.41) is 16.1. The van der Waals surface area contributed by atoms with Crippen molar-refractivity contribution in [2.24, 2.45) is 17.1 Å². The third-order valence-corrected chi connectivity index (χ3v) is 15.4. The van der Waals surface area contributed by atoms with Gasteiger partial charge in [-0.05, 0) is 79.4 Å². The molecule has 5 rings (SSSR count). The molecule has 1 saturated carbocycles. The lowest BCUT2D eigenvalue weighted by atomic mass is 10.0. The summed E-state index contributed by atoms with van der Waals surface area (Å²) in [6.45, 7) is 16.3. The highest BCUT2D eigenvalue weighted by Crippen LogP contribution is 2.57. The minimum atomic E-state index is -2.54. The Hall–Kier alpha value is -4.14. The predicted octanol–water partition coefficient (Wildman–Crippen LogP) is 5.33. The molecule has 2 fully saturated rings. The monoisotopic (exact) mass is 723 g/mol. The number of nitrogens with zero attached hydrogens (tertiary/aromatic N) is 2. The fourth-order valence-corrected chi connectivity index (χ4v) is 7.53. The van der Waals surface area contributed by atoms with E-state index in [-0.39, 0.29) is 51.6 Å². The van der Waals surface area contributed by atoms with Crippen molar-refractivity contribution in [3.05, 3.63) is 47.5 Å². The molecule has 5 N–H and O–H groups in total. The Morgan fingerprint density at radius 2 is 1.73 bits per heavy atom. The Morgan fingerprint density at radius 3 is 2.29 bits per heavy atom. The van der Waals surface area contributed by atoms with E-state index in [1.54, 1.807) is 31.2 Å². The Kier molecular flexibility index (Phi) is 10.5. The maximum Gasteiger partial charge on any atom is 0.416 e. The molecular formula is C37H53N5O8Si. The van der Waals surface area contributed by atoms with Gasteiger partial charge in [0.1, 0.15) is 12.6 Å². The summed E-state index contributed by atoms with van der Waals surface area (Å²) >= 11 is 0. The van der Waals surface area contributed by atoms with E-state index in [0.29, 0.717) is 24.2 Å². The number of anilines is 2. The lowest BCUT2D eigenvalue weighted by molar-refractivity contribution is -0.127. The van der Waals surface area contributed by atoms with Crippen LogP contribution in [0, 0.1) is 11.3 Å². The van der Waals surface area contributed by atoms with Gasteiger partial charge in [-0.2, -0.15) is 0 Å². The number of amides is 4. The Morgan fingerprint density at radius 1 is 1.08 bits per heavy atom. The van der Waals surface area contributed by atoms with Crippen molar-refractivity contribution in [3.63, 3.8) is 0 Å². The first-order valence-electron chi connectivity index (χ1n) is 17.6. The van der Waals surface area contributed by atoms with Crippen molar-refractivity contribution in [1.29, 1.82) is 0 Å². The highest BCUT2D eigenvalue weighted by atomic mass is 28.4. The molecule has 4 atom stereocenters. The minimum absolute atomic E-state index is 0.00488. The molecule has 2 aromatic carbocycles. The van der Waals surface area contributed by atoms with E-state index in [1.165, 1.54) is 24.1 Å². The van der Waals surface area contributed by atoms with Crippen LogP contribution >= 0.6 is 0 Å². The van der Waals surface area contributed by atoms with Gasteiger partial charge in [-0.3, -0.25) is 14.4 Å². The second kappa shape index (κ2) is 14.1. The molecule has 278 valence electrons. The second-order valence-corrected chi connectivity index (χ2v) is 20.9. The van der Waals surface area contributed by atoms with Crippen molar-refractivity contribution in [2.45, 2.75) is 110 Å². The lowest BCUT2D eigenvalue weighted by Gasteiger charge is -2.44. The van der Waals surface area contributed by atoms with E-state index in [1.807, 2.05) is 18.7 Å². The van der Waals surface area contributed by atoms with Crippen LogP contribution < -0.4 is 26.0 Å². The van der Waals surface area contributed by atoms with E-state index in [4.69, 9.17) is 19.6 Å². The van der Waals surface area contributed by atoms with E-state index >= 15 is 0 Å². The fourth-order valence-electron chi connectivity index (χ4n) is 6.31. The van der Waals surface area contributed by atoms with Gasteiger partial charge >= 0.3 is 6.09 Å². The lowest BCUT2D eigenvalue weighted by Crippen LogP contribution is -2.58. The summed E-state index contributed by atoms with van der Waals surface area (Å²) in [5.74, 6) is -1.22. The molecular weight excluding hydrogens is 671 g/mol. The number of nitrogens with two attached hydrogens (primary N) is 1. The number of phenols is 1. The standard InChI is InChI=1S/C37H53N5O8Si/c1-21(2)30(38)32(45)39-22(3)31(44)40-24-12-10-23(11-13-24)19-49-35(47)42-26-17-28(43)29(48-7)16-25(26)33(46)41-20-37(14-15-37)18-27(41)34(42)50-51(8,9)36(4,5)6/h10-13,16-17,21-22,27,30,34,43H,14-15,18-20,38H2,1-9H3,(H,39,45)(H,40,44)/t22-,27-,30-,34?/m0/s1. The predicted molar refractivity (Wildman–Crippen MR) is 196 cm³/mol. The zero-order valence-electron chi connectivity index (χ0n) is 31.2. The molecule has 1 unspecified atom stereocenters. The number of nitrogens with one attached hydrogen (secondary N) is 2. The molecule has 1 spiro atoms. The molecule has 51 heavy (non-hydrogen) atoms. The molecule has 0 aromatic heterocycles. The zero-order chi connectivity index (χ0) is 37.6. The normalized spacial score (nSPS) is 20.6. The topological polar surface area (TPSA) is 173 Å². The number of carbonyl (C=O) groups is 4. The van der Waals surface area contributed by atoms with Crippen LogP contribution in [0.15, 0.2) is 36.4 Å². The first-order valence-corrected chi connectivity index (χ1v) is 20.5. The third-order valence-electron chi connectivity index (χ3n) is 10.9. The molecule has 2 aromatic rings. The molecule has 2 heterocycles. The summed E-state index contributed by atoms with van der Waals surface area (Å²) in [4.78, 5) is 56.9. The zero-order valence-corrected chi connectivity index (χ0v) is 32.2. The average Bonchev–Trinajstić information content (AvgIpc) is 3.72. The number of ether oxygens (including phenoxy) is 2. The quantitative estimate of drug-likeness (QED) is 0.237. The van der Waals surface area contributed by atoms with Crippen LogP contribution in [0.25, 0.3) is 0 Å². The van der Waals surface area contributed by atoms with Gasteiger partial charge in [-0.25, -0.2) is 9.69 Å². The highest BCUT2D eigenvalue weighted by Gasteiger charge is 2.59. The van der Waals surface area contributed by atoms with Crippen LogP contribution in [0.5, 0.6) is 11.5 Å². The van der Waals surface area contributed by atoms with E-state index in [2.05, 4.69) is 44.5 Å². The molecule has 4 amide bonds. The molecule has 0 bridgehead atoms. The summed E-state index contributed by atoms with van der Waals surface area (Å²) < 4.78 is 18.4. The van der Waals surface area contributed by atoms with Crippen molar-refractivity contribution < 1.29 is 38.2 Å². The Bertz CT molecular complexity index is 1670. The number of aromatic hydroxyl groups is 1. The Labute approximate surface area is 301 Å². The van der Waals surface area contributed by atoms with Crippen molar-refractivity contribution in [2.75, 3.05) is 23.9 Å². The van der Waals surface area contributed by atoms with Gasteiger partial charge in [0.05, 0.1) is 30.4 Å². The first kappa shape index (κ1) is 38.1. The molecule has 2 aliphatic heterocycles. The largest absolute Gasteiger partial charge is 0.504 e. The molecule has 3 aliphatic rings. The SMILES string of the molecule is COc1cc2c(cc1O)N(C(=O)OCc1ccc(NC(=O)[C@H](C)NC(=O)[C@@H](N)C(C)C)cc1)C(O[Si](C)(C)C(C)(C)C)[C@@H]1CC3(CC3)CN1C2=O. The summed E-state index contributed by atoms with van der Waals surface area (Å²) in [6, 6.07) is 7.70. The number of hydrogen-bond acceptors (Lipinski definition) is 9. The van der Waals surface area contributed by atoms with Crippen LogP contribution in [0.1, 0.15) is 76.7 Å². The van der Waals surface area contributed by atoms with E-state index < -0.39 is 50.6 Å². The smallest absolute Gasteiger partial charge is 0.416 e. The number of benzene rings is 2. The number of fused-ring (bicyclic) bond motifs is 2. The van der Waals surface area contributed by atoms with Crippen molar-refractivity contribution >= 4 is 43.5 Å². The van der Waals surface area contributed by atoms with Gasteiger partial charge in [0, 0.05) is 18.3 Å². The van der Waals surface area contributed by atoms with Gasteiger partial charge in [-0.15, -0.1) is 0 Å². The molecule has 1 saturated heterocycles. The van der Waals surface area contributed by atoms with E-state index in [0.717, 1.165) is 12.8 Å². The third kappa shape index (κ3) is 7.87. The highest BCUT2D eigenvalue weighted by molar-refractivity contribution is 6.74. The molecule has 13 nitrogen and oxygen atoms in total. The number of phenolic OH excluding ortho intramolecular Hbond substituents is 1.